The van der Waals surface area contributed by atoms with E-state index in [0.29, 0.717) is 36.1 Å². The Morgan fingerprint density at radius 3 is 2.57 bits per heavy atom. The average Bonchev–Trinajstić information content (AvgIpc) is 3.31. The van der Waals surface area contributed by atoms with Crippen molar-refractivity contribution in [3.8, 4) is 11.5 Å². The van der Waals surface area contributed by atoms with Crippen LogP contribution in [0.1, 0.15) is 47.7 Å². The van der Waals surface area contributed by atoms with Gasteiger partial charge in [0.1, 0.15) is 11.5 Å². The number of ether oxygens (including phenoxy) is 1. The summed E-state index contributed by atoms with van der Waals surface area (Å²) in [4.78, 5) is 29.5. The van der Waals surface area contributed by atoms with Crippen molar-refractivity contribution in [2.75, 3.05) is 6.54 Å². The minimum absolute atomic E-state index is 0.0750. The monoisotopic (exact) mass is 403 g/mol. The zero-order valence-corrected chi connectivity index (χ0v) is 16.8. The van der Waals surface area contributed by atoms with E-state index in [-0.39, 0.29) is 11.5 Å². The third-order valence-electron chi connectivity index (χ3n) is 5.42. The predicted molar refractivity (Wildman–Crippen MR) is 115 cm³/mol. The molecular weight excluding hydrogens is 378 g/mol. The third kappa shape index (κ3) is 4.76. The maximum Gasteiger partial charge on any atom is 0.255 e. The first-order chi connectivity index (χ1) is 14.7. The van der Waals surface area contributed by atoms with Crippen molar-refractivity contribution in [3.63, 3.8) is 0 Å². The van der Waals surface area contributed by atoms with E-state index < -0.39 is 0 Å². The van der Waals surface area contributed by atoms with Gasteiger partial charge in [0, 0.05) is 25.1 Å². The second-order valence-electron chi connectivity index (χ2n) is 7.49. The predicted octanol–water partition coefficient (Wildman–Crippen LogP) is 4.12. The molecule has 1 aliphatic carbocycles. The quantitative estimate of drug-likeness (QED) is 0.644. The van der Waals surface area contributed by atoms with Crippen LogP contribution in [0, 0.1) is 0 Å². The SMILES string of the molecule is O=C(NCCn1cnc(C2CCCC2)cc1=O)c1ccccc1Oc1ccccc1. The van der Waals surface area contributed by atoms with Crippen LogP contribution in [0.15, 0.2) is 71.8 Å². The van der Waals surface area contributed by atoms with Crippen molar-refractivity contribution in [2.24, 2.45) is 0 Å². The normalized spacial score (nSPS) is 13.9. The second kappa shape index (κ2) is 9.39. The van der Waals surface area contributed by atoms with E-state index >= 15 is 0 Å². The van der Waals surface area contributed by atoms with Gasteiger partial charge in [-0.05, 0) is 37.1 Å². The van der Waals surface area contributed by atoms with E-state index in [9.17, 15) is 9.59 Å². The molecule has 154 valence electrons. The van der Waals surface area contributed by atoms with Gasteiger partial charge in [0.25, 0.3) is 11.5 Å². The van der Waals surface area contributed by atoms with Gasteiger partial charge in [-0.15, -0.1) is 0 Å². The lowest BCUT2D eigenvalue weighted by atomic mass is 10.0. The number of amides is 1. The molecule has 1 aliphatic rings. The molecule has 1 aromatic heterocycles. The number of hydrogen-bond donors (Lipinski definition) is 1. The highest BCUT2D eigenvalue weighted by Gasteiger charge is 2.19. The number of carbonyl (C=O) groups is 1. The van der Waals surface area contributed by atoms with Gasteiger partial charge in [-0.1, -0.05) is 43.2 Å². The molecule has 6 heteroatoms. The van der Waals surface area contributed by atoms with Crippen LogP contribution in [0.2, 0.25) is 0 Å². The lowest BCUT2D eigenvalue weighted by molar-refractivity contribution is 0.0950. The third-order valence-corrected chi connectivity index (χ3v) is 5.42. The fraction of sp³-hybridized carbons (Fsp3) is 0.292. The van der Waals surface area contributed by atoms with Crippen molar-refractivity contribution < 1.29 is 9.53 Å². The first-order valence-corrected chi connectivity index (χ1v) is 10.4. The highest BCUT2D eigenvalue weighted by molar-refractivity contribution is 5.97. The molecule has 0 unspecified atom stereocenters. The van der Waals surface area contributed by atoms with E-state index in [2.05, 4.69) is 10.3 Å². The van der Waals surface area contributed by atoms with E-state index in [1.165, 1.54) is 17.4 Å². The van der Waals surface area contributed by atoms with Crippen molar-refractivity contribution in [2.45, 2.75) is 38.1 Å². The van der Waals surface area contributed by atoms with Gasteiger partial charge in [0.15, 0.2) is 0 Å². The lowest BCUT2D eigenvalue weighted by Gasteiger charge is -2.12. The topological polar surface area (TPSA) is 73.2 Å². The number of hydrogen-bond acceptors (Lipinski definition) is 4. The molecule has 6 nitrogen and oxygen atoms in total. The Morgan fingerprint density at radius 1 is 1.07 bits per heavy atom. The van der Waals surface area contributed by atoms with Crippen LogP contribution < -0.4 is 15.6 Å². The molecule has 30 heavy (non-hydrogen) atoms. The van der Waals surface area contributed by atoms with E-state index in [4.69, 9.17) is 4.74 Å². The molecule has 1 fully saturated rings. The Balaban J connectivity index is 1.37. The number of rotatable bonds is 7. The van der Waals surface area contributed by atoms with Crippen molar-refractivity contribution >= 4 is 5.91 Å². The fourth-order valence-corrected chi connectivity index (χ4v) is 3.80. The van der Waals surface area contributed by atoms with Crippen LogP contribution in [0.25, 0.3) is 0 Å². The van der Waals surface area contributed by atoms with Crippen molar-refractivity contribution in [3.05, 3.63) is 88.6 Å². The number of para-hydroxylation sites is 2. The molecule has 1 amide bonds. The molecule has 4 rings (SSSR count). The summed E-state index contributed by atoms with van der Waals surface area (Å²) < 4.78 is 7.38. The van der Waals surface area contributed by atoms with Gasteiger partial charge < -0.3 is 10.1 Å². The van der Waals surface area contributed by atoms with Crippen LogP contribution in [0.5, 0.6) is 11.5 Å². The molecule has 1 heterocycles. The summed E-state index contributed by atoms with van der Waals surface area (Å²) in [6, 6.07) is 18.1. The van der Waals surface area contributed by atoms with Gasteiger partial charge in [0.2, 0.25) is 0 Å². The average molecular weight is 403 g/mol. The van der Waals surface area contributed by atoms with Crippen LogP contribution in [0.3, 0.4) is 0 Å². The summed E-state index contributed by atoms with van der Waals surface area (Å²) in [5.41, 5.74) is 1.27. The highest BCUT2D eigenvalue weighted by atomic mass is 16.5. The minimum atomic E-state index is -0.245. The second-order valence-corrected chi connectivity index (χ2v) is 7.49. The van der Waals surface area contributed by atoms with Gasteiger partial charge in [-0.2, -0.15) is 0 Å². The Morgan fingerprint density at radius 2 is 1.80 bits per heavy atom. The van der Waals surface area contributed by atoms with Gasteiger partial charge >= 0.3 is 0 Å². The summed E-state index contributed by atoms with van der Waals surface area (Å²) in [5.74, 6) is 1.32. The molecule has 0 radical (unpaired) electrons. The smallest absolute Gasteiger partial charge is 0.255 e. The molecule has 0 aliphatic heterocycles. The fourth-order valence-electron chi connectivity index (χ4n) is 3.80. The number of benzene rings is 2. The van der Waals surface area contributed by atoms with Crippen LogP contribution in [-0.4, -0.2) is 22.0 Å². The van der Waals surface area contributed by atoms with Gasteiger partial charge in [0.05, 0.1) is 17.6 Å². The summed E-state index contributed by atoms with van der Waals surface area (Å²) in [6.45, 7) is 0.688. The molecule has 0 spiro atoms. The molecule has 2 aromatic carbocycles. The van der Waals surface area contributed by atoms with Crippen LogP contribution >= 0.6 is 0 Å². The Kier molecular flexibility index (Phi) is 6.23. The summed E-state index contributed by atoms with van der Waals surface area (Å²) in [5, 5.41) is 2.86. The molecule has 1 N–H and O–H groups in total. The Hall–Kier alpha value is -3.41. The first kappa shape index (κ1) is 19.9. The standard InChI is InChI=1S/C24H25N3O3/c28-23-16-21(18-8-4-5-9-18)26-17-27(23)15-14-25-24(29)20-12-6-7-13-22(20)30-19-10-2-1-3-11-19/h1-3,6-7,10-13,16-18H,4-5,8-9,14-15H2,(H,25,29). The van der Waals surface area contributed by atoms with Crippen LogP contribution in [-0.2, 0) is 6.54 Å². The summed E-state index contributed by atoms with van der Waals surface area (Å²) >= 11 is 0. The maximum absolute atomic E-state index is 12.7. The first-order valence-electron chi connectivity index (χ1n) is 10.4. The number of nitrogens with one attached hydrogen (secondary N) is 1. The molecule has 0 atom stereocenters. The zero-order chi connectivity index (χ0) is 20.8. The summed E-state index contributed by atoms with van der Waals surface area (Å²) in [6.07, 6.45) is 6.22. The van der Waals surface area contributed by atoms with Crippen molar-refractivity contribution in [1.82, 2.24) is 14.9 Å². The van der Waals surface area contributed by atoms with Crippen LogP contribution in [0.4, 0.5) is 0 Å². The molecular formula is C24H25N3O3. The van der Waals surface area contributed by atoms with Crippen molar-refractivity contribution in [1.29, 1.82) is 0 Å². The molecule has 3 aromatic rings. The molecule has 0 saturated heterocycles. The van der Waals surface area contributed by atoms with E-state index in [1.807, 2.05) is 36.4 Å². The van der Waals surface area contributed by atoms with Gasteiger partial charge in [-0.25, -0.2) is 4.98 Å². The lowest BCUT2D eigenvalue weighted by Crippen LogP contribution is -2.31. The zero-order valence-electron chi connectivity index (χ0n) is 16.8. The number of nitrogens with zero attached hydrogens (tertiary/aromatic N) is 2. The van der Waals surface area contributed by atoms with E-state index in [1.54, 1.807) is 30.6 Å². The number of aromatic nitrogens is 2. The van der Waals surface area contributed by atoms with Gasteiger partial charge in [-0.3, -0.25) is 14.2 Å². The van der Waals surface area contributed by atoms with E-state index in [0.717, 1.165) is 18.5 Å². The molecule has 0 bridgehead atoms. The molecule has 1 saturated carbocycles. The minimum Gasteiger partial charge on any atom is -0.457 e. The Bertz CT molecular complexity index is 1060. The number of carbonyl (C=O) groups excluding carboxylic acids is 1. The highest BCUT2D eigenvalue weighted by Crippen LogP contribution is 2.32. The summed E-state index contributed by atoms with van der Waals surface area (Å²) in [7, 11) is 0. The maximum atomic E-state index is 12.7. The Labute approximate surface area is 175 Å². The largest absolute Gasteiger partial charge is 0.457 e.